The molecule has 2 nitrogen and oxygen atoms in total. The quantitative estimate of drug-likeness (QED) is 0.541. The van der Waals surface area contributed by atoms with Crippen molar-refractivity contribution in [3.8, 4) is 0 Å². The van der Waals surface area contributed by atoms with Gasteiger partial charge in [-0.2, -0.15) is 0 Å². The molecular formula is C4H7ClN2S. The second-order valence-electron chi connectivity index (χ2n) is 1.80. The predicted molar refractivity (Wildman–Crippen MR) is 37.3 cm³/mol. The van der Waals surface area contributed by atoms with Gasteiger partial charge in [-0.05, 0) is 6.92 Å². The summed E-state index contributed by atoms with van der Waals surface area (Å²) in [7, 11) is 0. The van der Waals surface area contributed by atoms with Crippen molar-refractivity contribution < 1.29 is 0 Å². The standard InChI is InChI=1S/C4H7ClN2S/c1-4(6)7-2-3(5)8-4/h2,7H,6H2,1H3. The molecule has 1 aliphatic heterocycles. The van der Waals surface area contributed by atoms with Crippen molar-refractivity contribution in [1.29, 1.82) is 0 Å². The molecule has 1 atom stereocenters. The van der Waals surface area contributed by atoms with Gasteiger partial charge < -0.3 is 11.1 Å². The molecular weight excluding hydrogens is 144 g/mol. The van der Waals surface area contributed by atoms with Gasteiger partial charge in [0.25, 0.3) is 0 Å². The number of rotatable bonds is 0. The highest BCUT2D eigenvalue weighted by Gasteiger charge is 2.23. The van der Waals surface area contributed by atoms with Gasteiger partial charge in [0.05, 0.1) is 4.36 Å². The van der Waals surface area contributed by atoms with Gasteiger partial charge in [0.1, 0.15) is 4.99 Å². The summed E-state index contributed by atoms with van der Waals surface area (Å²) in [6, 6.07) is 0. The van der Waals surface area contributed by atoms with Crippen LogP contribution in [0.2, 0.25) is 0 Å². The van der Waals surface area contributed by atoms with E-state index < -0.39 is 4.99 Å². The lowest BCUT2D eigenvalue weighted by molar-refractivity contribution is 0.620. The molecule has 0 fully saturated rings. The Labute approximate surface area is 57.5 Å². The second-order valence-corrected chi connectivity index (χ2v) is 3.93. The summed E-state index contributed by atoms with van der Waals surface area (Å²) >= 11 is 6.99. The van der Waals surface area contributed by atoms with Crippen LogP contribution in [0.1, 0.15) is 6.92 Å². The fourth-order valence-corrected chi connectivity index (χ4v) is 1.64. The minimum Gasteiger partial charge on any atom is -0.363 e. The maximum absolute atomic E-state index is 5.58. The van der Waals surface area contributed by atoms with Crippen LogP contribution >= 0.6 is 23.4 Å². The number of halogens is 1. The summed E-state index contributed by atoms with van der Waals surface area (Å²) in [5.41, 5.74) is 5.58. The number of nitrogens with one attached hydrogen (secondary N) is 1. The summed E-state index contributed by atoms with van der Waals surface area (Å²) < 4.78 is 0.718. The molecule has 0 saturated heterocycles. The lowest BCUT2D eigenvalue weighted by Crippen LogP contribution is -2.41. The van der Waals surface area contributed by atoms with E-state index in [1.165, 1.54) is 11.8 Å². The molecule has 0 aromatic heterocycles. The van der Waals surface area contributed by atoms with Crippen LogP contribution in [0.25, 0.3) is 0 Å². The van der Waals surface area contributed by atoms with Crippen molar-refractivity contribution in [1.82, 2.24) is 5.32 Å². The minimum absolute atomic E-state index is 0.392. The predicted octanol–water partition coefficient (Wildman–Crippen LogP) is 0.993. The molecule has 0 radical (unpaired) electrons. The Balaban J connectivity index is 2.55. The summed E-state index contributed by atoms with van der Waals surface area (Å²) in [6.07, 6.45) is 1.70. The van der Waals surface area contributed by atoms with Gasteiger partial charge in [0.15, 0.2) is 0 Å². The Morgan fingerprint density at radius 1 is 2.00 bits per heavy atom. The average molecular weight is 151 g/mol. The zero-order valence-electron chi connectivity index (χ0n) is 4.44. The van der Waals surface area contributed by atoms with Crippen LogP contribution in [0, 0.1) is 0 Å². The lowest BCUT2D eigenvalue weighted by atomic mass is 10.6. The zero-order valence-corrected chi connectivity index (χ0v) is 6.01. The minimum atomic E-state index is -0.392. The molecule has 1 rings (SSSR count). The van der Waals surface area contributed by atoms with Crippen LogP contribution in [0.5, 0.6) is 0 Å². The van der Waals surface area contributed by atoms with Crippen molar-refractivity contribution in [2.75, 3.05) is 0 Å². The van der Waals surface area contributed by atoms with Crippen molar-refractivity contribution >= 4 is 23.4 Å². The van der Waals surface area contributed by atoms with Gasteiger partial charge in [0, 0.05) is 6.20 Å². The molecule has 1 heterocycles. The smallest absolute Gasteiger partial charge is 0.136 e. The first-order valence-electron chi connectivity index (χ1n) is 2.21. The Morgan fingerprint density at radius 2 is 2.62 bits per heavy atom. The first kappa shape index (κ1) is 6.26. The first-order chi connectivity index (χ1) is 3.60. The van der Waals surface area contributed by atoms with E-state index in [9.17, 15) is 0 Å². The first-order valence-corrected chi connectivity index (χ1v) is 3.41. The molecule has 0 spiro atoms. The van der Waals surface area contributed by atoms with Crippen LogP contribution in [0.4, 0.5) is 0 Å². The van der Waals surface area contributed by atoms with E-state index in [4.69, 9.17) is 17.3 Å². The number of hydrogen-bond donors (Lipinski definition) is 2. The highest BCUT2D eigenvalue weighted by molar-refractivity contribution is 8.05. The van der Waals surface area contributed by atoms with Crippen LogP contribution in [0.3, 0.4) is 0 Å². The fourth-order valence-electron chi connectivity index (χ4n) is 0.462. The largest absolute Gasteiger partial charge is 0.363 e. The molecule has 1 aliphatic rings. The molecule has 0 saturated carbocycles. The van der Waals surface area contributed by atoms with Crippen molar-refractivity contribution in [3.05, 3.63) is 10.6 Å². The fraction of sp³-hybridized carbons (Fsp3) is 0.500. The topological polar surface area (TPSA) is 38.0 Å². The zero-order chi connectivity index (χ0) is 6.20. The summed E-state index contributed by atoms with van der Waals surface area (Å²) in [6.45, 7) is 1.86. The molecule has 3 N–H and O–H groups in total. The third-order valence-electron chi connectivity index (χ3n) is 0.782. The van der Waals surface area contributed by atoms with E-state index in [1.807, 2.05) is 6.92 Å². The second kappa shape index (κ2) is 1.83. The Morgan fingerprint density at radius 3 is 2.75 bits per heavy atom. The SMILES string of the molecule is CC1(N)NC=C(Cl)S1. The van der Waals surface area contributed by atoms with Crippen molar-refractivity contribution in [2.24, 2.45) is 5.73 Å². The maximum atomic E-state index is 5.58. The third-order valence-corrected chi connectivity index (χ3v) is 1.98. The molecule has 4 heteroatoms. The van der Waals surface area contributed by atoms with Crippen molar-refractivity contribution in [3.63, 3.8) is 0 Å². The molecule has 0 amide bonds. The van der Waals surface area contributed by atoms with Gasteiger partial charge in [-0.1, -0.05) is 23.4 Å². The molecule has 46 valence electrons. The van der Waals surface area contributed by atoms with Crippen LogP contribution in [-0.2, 0) is 0 Å². The Bertz CT molecular complexity index is 132. The number of hydrogen-bond acceptors (Lipinski definition) is 3. The van der Waals surface area contributed by atoms with Gasteiger partial charge >= 0.3 is 0 Å². The molecule has 8 heavy (non-hydrogen) atoms. The monoisotopic (exact) mass is 150 g/mol. The third kappa shape index (κ3) is 1.31. The number of nitrogens with two attached hydrogens (primary N) is 1. The van der Waals surface area contributed by atoms with Crippen LogP contribution < -0.4 is 11.1 Å². The molecule has 1 unspecified atom stereocenters. The Hall–Kier alpha value is 0.140. The highest BCUT2D eigenvalue weighted by atomic mass is 35.5. The highest BCUT2D eigenvalue weighted by Crippen LogP contribution is 2.32. The van der Waals surface area contributed by atoms with Gasteiger partial charge in [-0.3, -0.25) is 0 Å². The normalized spacial score (nSPS) is 36.6. The van der Waals surface area contributed by atoms with Gasteiger partial charge in [-0.25, -0.2) is 0 Å². The van der Waals surface area contributed by atoms with E-state index in [2.05, 4.69) is 5.32 Å². The van der Waals surface area contributed by atoms with Gasteiger partial charge in [-0.15, -0.1) is 0 Å². The number of thioether (sulfide) groups is 1. The molecule has 0 aliphatic carbocycles. The summed E-state index contributed by atoms with van der Waals surface area (Å²) in [5.74, 6) is 0. The van der Waals surface area contributed by atoms with Crippen LogP contribution in [-0.4, -0.2) is 4.99 Å². The van der Waals surface area contributed by atoms with Crippen LogP contribution in [0.15, 0.2) is 10.6 Å². The molecule has 0 aromatic rings. The van der Waals surface area contributed by atoms with E-state index >= 15 is 0 Å². The van der Waals surface area contributed by atoms with Gasteiger partial charge in [0.2, 0.25) is 0 Å². The lowest BCUT2D eigenvalue weighted by Gasteiger charge is -2.15. The average Bonchev–Trinajstić information content (AvgIpc) is 1.82. The van der Waals surface area contributed by atoms with E-state index in [0.29, 0.717) is 0 Å². The summed E-state index contributed by atoms with van der Waals surface area (Å²) in [4.78, 5) is -0.392. The Kier molecular flexibility index (Phi) is 1.43. The van der Waals surface area contributed by atoms with E-state index in [-0.39, 0.29) is 0 Å². The molecule has 0 bridgehead atoms. The van der Waals surface area contributed by atoms with E-state index in [0.717, 1.165) is 4.36 Å². The van der Waals surface area contributed by atoms with Crippen molar-refractivity contribution in [2.45, 2.75) is 11.9 Å². The summed E-state index contributed by atoms with van der Waals surface area (Å²) in [5, 5.41) is 2.89. The maximum Gasteiger partial charge on any atom is 0.136 e. The van der Waals surface area contributed by atoms with E-state index in [1.54, 1.807) is 6.20 Å². The molecule has 0 aromatic carbocycles.